The highest BCUT2D eigenvalue weighted by Gasteiger charge is 2.16. The van der Waals surface area contributed by atoms with E-state index in [-0.39, 0.29) is 16.8 Å². The molecule has 0 aliphatic carbocycles. The van der Waals surface area contributed by atoms with E-state index in [2.05, 4.69) is 26.0 Å². The van der Waals surface area contributed by atoms with Crippen LogP contribution in [0, 0.1) is 0 Å². The van der Waals surface area contributed by atoms with Crippen LogP contribution in [0.2, 0.25) is 10.0 Å². The van der Waals surface area contributed by atoms with Crippen LogP contribution in [0.4, 0.5) is 5.95 Å². The number of hydrogen-bond acceptors (Lipinski definition) is 6. The van der Waals surface area contributed by atoms with Crippen LogP contribution < -0.4 is 10.6 Å². The van der Waals surface area contributed by atoms with Gasteiger partial charge in [-0.1, -0.05) is 28.3 Å². The van der Waals surface area contributed by atoms with Crippen LogP contribution in [-0.2, 0) is 7.05 Å². The highest BCUT2D eigenvalue weighted by atomic mass is 35.5. The molecule has 11 heteroatoms. The fraction of sp³-hybridized carbons (Fsp3) is 0.0714. The average molecular weight is 397 g/mol. The Bertz CT molecular complexity index is 954. The number of aryl methyl sites for hydroxylation is 1. The molecule has 1 aromatic carbocycles. The van der Waals surface area contributed by atoms with Crippen LogP contribution in [-0.4, -0.2) is 31.2 Å². The lowest BCUT2D eigenvalue weighted by Crippen LogP contribution is -2.34. The monoisotopic (exact) mass is 396 g/mol. The van der Waals surface area contributed by atoms with E-state index in [1.54, 1.807) is 31.3 Å². The third-order valence-electron chi connectivity index (χ3n) is 2.98. The molecule has 25 heavy (non-hydrogen) atoms. The minimum absolute atomic E-state index is 0.0109. The number of furan rings is 1. The summed E-state index contributed by atoms with van der Waals surface area (Å²) in [7, 11) is 1.60. The second kappa shape index (κ2) is 7.18. The molecule has 128 valence electrons. The summed E-state index contributed by atoms with van der Waals surface area (Å²) in [6.07, 6.45) is 0. The Balaban J connectivity index is 1.70. The van der Waals surface area contributed by atoms with Crippen LogP contribution in [0.3, 0.4) is 0 Å². The summed E-state index contributed by atoms with van der Waals surface area (Å²) in [5, 5.41) is 17.3. The first-order chi connectivity index (χ1) is 11.9. The molecule has 3 rings (SSSR count). The molecule has 0 spiro atoms. The Morgan fingerprint density at radius 3 is 2.80 bits per heavy atom. The van der Waals surface area contributed by atoms with Crippen molar-refractivity contribution in [3.8, 4) is 11.3 Å². The van der Waals surface area contributed by atoms with Gasteiger partial charge in [0.25, 0.3) is 11.9 Å². The Morgan fingerprint density at radius 2 is 2.08 bits per heavy atom. The van der Waals surface area contributed by atoms with Crippen molar-refractivity contribution < 1.29 is 9.21 Å². The van der Waals surface area contributed by atoms with Crippen LogP contribution in [0.15, 0.2) is 34.7 Å². The number of thiocarbonyl (C=S) groups is 1. The minimum atomic E-state index is -0.536. The number of nitrogens with zero attached hydrogens (tertiary/aromatic N) is 4. The first kappa shape index (κ1) is 17.3. The molecule has 0 saturated carbocycles. The van der Waals surface area contributed by atoms with Gasteiger partial charge in [-0.05, 0) is 47.8 Å². The molecule has 0 aliphatic rings. The summed E-state index contributed by atoms with van der Waals surface area (Å²) < 4.78 is 5.53. The number of benzene rings is 1. The van der Waals surface area contributed by atoms with E-state index < -0.39 is 5.91 Å². The molecule has 2 N–H and O–H groups in total. The fourth-order valence-electron chi connectivity index (χ4n) is 1.92. The van der Waals surface area contributed by atoms with Crippen molar-refractivity contribution in [3.05, 3.63) is 46.1 Å². The summed E-state index contributed by atoms with van der Waals surface area (Å²) in [6, 6.07) is 8.08. The smallest absolute Gasteiger partial charge is 0.293 e. The first-order valence-electron chi connectivity index (χ1n) is 6.84. The van der Waals surface area contributed by atoms with E-state index in [1.165, 1.54) is 10.9 Å². The van der Waals surface area contributed by atoms with Gasteiger partial charge in [-0.2, -0.15) is 4.80 Å². The number of rotatable bonds is 3. The molecule has 0 radical (unpaired) electrons. The summed E-state index contributed by atoms with van der Waals surface area (Å²) in [5.41, 5.74) is 0.581. The van der Waals surface area contributed by atoms with Crippen molar-refractivity contribution in [2.45, 2.75) is 0 Å². The first-order valence-corrected chi connectivity index (χ1v) is 8.00. The number of tetrazole rings is 1. The summed E-state index contributed by atoms with van der Waals surface area (Å²) >= 11 is 17.1. The Kier molecular flexibility index (Phi) is 4.98. The molecule has 2 aromatic heterocycles. The SMILES string of the molecule is Cn1nnc(NC(=S)NC(=O)c2ccc(-c3cc(Cl)ccc3Cl)o2)n1. The quantitative estimate of drug-likeness (QED) is 0.656. The zero-order valence-corrected chi connectivity index (χ0v) is 15.0. The normalized spacial score (nSPS) is 10.5. The van der Waals surface area contributed by atoms with Crippen molar-refractivity contribution in [1.29, 1.82) is 0 Å². The summed E-state index contributed by atoms with van der Waals surface area (Å²) in [6.45, 7) is 0. The molecule has 0 atom stereocenters. The number of carbonyl (C=O) groups excluding carboxylic acids is 1. The van der Waals surface area contributed by atoms with Crippen LogP contribution in [0.1, 0.15) is 10.6 Å². The lowest BCUT2D eigenvalue weighted by Gasteiger charge is -2.05. The third-order valence-corrected chi connectivity index (χ3v) is 3.75. The Labute approximate surface area is 157 Å². The van der Waals surface area contributed by atoms with Crippen molar-refractivity contribution >= 4 is 52.4 Å². The molecule has 0 aliphatic heterocycles. The van der Waals surface area contributed by atoms with Crippen LogP contribution in [0.25, 0.3) is 11.3 Å². The van der Waals surface area contributed by atoms with Gasteiger partial charge < -0.3 is 4.42 Å². The molecule has 8 nitrogen and oxygen atoms in total. The van der Waals surface area contributed by atoms with Gasteiger partial charge in [0.15, 0.2) is 10.9 Å². The largest absolute Gasteiger partial charge is 0.451 e. The molecule has 0 saturated heterocycles. The molecular weight excluding hydrogens is 387 g/mol. The molecular formula is C14H10Cl2N6O2S. The van der Waals surface area contributed by atoms with Gasteiger partial charge in [0, 0.05) is 10.6 Å². The maximum atomic E-state index is 12.2. The lowest BCUT2D eigenvalue weighted by molar-refractivity contribution is 0.0951. The zero-order valence-electron chi connectivity index (χ0n) is 12.7. The molecule has 0 bridgehead atoms. The molecule has 2 heterocycles. The second-order valence-electron chi connectivity index (χ2n) is 4.80. The van der Waals surface area contributed by atoms with Gasteiger partial charge >= 0.3 is 0 Å². The van der Waals surface area contributed by atoms with Gasteiger partial charge in [-0.3, -0.25) is 15.4 Å². The minimum Gasteiger partial charge on any atom is -0.451 e. The second-order valence-corrected chi connectivity index (χ2v) is 6.05. The van der Waals surface area contributed by atoms with Gasteiger partial charge in [0.1, 0.15) is 5.76 Å². The van der Waals surface area contributed by atoms with E-state index >= 15 is 0 Å². The number of nitrogens with one attached hydrogen (secondary N) is 2. The molecule has 1 amide bonds. The lowest BCUT2D eigenvalue weighted by atomic mass is 10.2. The van der Waals surface area contributed by atoms with Crippen molar-refractivity contribution in [2.24, 2.45) is 7.05 Å². The number of aromatic nitrogens is 4. The van der Waals surface area contributed by atoms with Crippen molar-refractivity contribution in [2.75, 3.05) is 5.32 Å². The van der Waals surface area contributed by atoms with E-state index in [9.17, 15) is 4.79 Å². The topological polar surface area (TPSA) is 97.9 Å². The summed E-state index contributed by atoms with van der Waals surface area (Å²) in [5.74, 6) is 0.0962. The van der Waals surface area contributed by atoms with E-state index in [0.717, 1.165) is 0 Å². The number of anilines is 1. The van der Waals surface area contributed by atoms with Crippen LogP contribution in [0.5, 0.6) is 0 Å². The zero-order chi connectivity index (χ0) is 18.0. The number of carbonyl (C=O) groups is 1. The maximum absolute atomic E-state index is 12.2. The van der Waals surface area contributed by atoms with Gasteiger partial charge in [-0.25, -0.2) is 0 Å². The highest BCUT2D eigenvalue weighted by Crippen LogP contribution is 2.31. The van der Waals surface area contributed by atoms with E-state index in [1.807, 2.05) is 0 Å². The number of amides is 1. The highest BCUT2D eigenvalue weighted by molar-refractivity contribution is 7.80. The predicted molar refractivity (Wildman–Crippen MR) is 96.6 cm³/mol. The Hall–Kier alpha value is -2.49. The van der Waals surface area contributed by atoms with Gasteiger partial charge in [0.05, 0.1) is 12.1 Å². The average Bonchev–Trinajstić information content (AvgIpc) is 3.19. The maximum Gasteiger partial charge on any atom is 0.293 e. The molecule has 3 aromatic rings. The molecule has 0 fully saturated rings. The Morgan fingerprint density at radius 1 is 1.28 bits per heavy atom. The van der Waals surface area contributed by atoms with Crippen molar-refractivity contribution in [3.63, 3.8) is 0 Å². The van der Waals surface area contributed by atoms with Crippen molar-refractivity contribution in [1.82, 2.24) is 25.5 Å². The van der Waals surface area contributed by atoms with Crippen LogP contribution >= 0.6 is 35.4 Å². The fourth-order valence-corrected chi connectivity index (χ4v) is 2.49. The third kappa shape index (κ3) is 4.13. The van der Waals surface area contributed by atoms with E-state index in [0.29, 0.717) is 21.4 Å². The predicted octanol–water partition coefficient (Wildman–Crippen LogP) is 2.90. The van der Waals surface area contributed by atoms with Gasteiger partial charge in [0.2, 0.25) is 0 Å². The molecule has 0 unspecified atom stereocenters. The standard InChI is InChI=1S/C14H10Cl2N6O2S/c1-22-20-13(19-21-22)18-14(25)17-12(23)11-5-4-10(24-11)8-6-7(15)2-3-9(8)16/h2-6H,1H3,(H2,17,18,20,23,25). The van der Waals surface area contributed by atoms with E-state index in [4.69, 9.17) is 39.8 Å². The van der Waals surface area contributed by atoms with Gasteiger partial charge in [-0.15, -0.1) is 5.10 Å². The number of halogens is 2. The summed E-state index contributed by atoms with van der Waals surface area (Å²) in [4.78, 5) is 13.4. The number of hydrogen-bond donors (Lipinski definition) is 2.